The molecule has 1 aliphatic heterocycles. The summed E-state index contributed by atoms with van der Waals surface area (Å²) < 4.78 is 0. The van der Waals surface area contributed by atoms with E-state index in [0.717, 1.165) is 51.5 Å². The van der Waals surface area contributed by atoms with Crippen LogP contribution in [0.5, 0.6) is 0 Å². The fourth-order valence-electron chi connectivity index (χ4n) is 4.21. The number of carboxylic acid groups (broad SMARTS) is 1. The molecule has 0 radical (unpaired) electrons. The van der Waals surface area contributed by atoms with Gasteiger partial charge in [0, 0.05) is 19.0 Å². The second kappa shape index (κ2) is 7.28. The van der Waals surface area contributed by atoms with Crippen LogP contribution in [0.25, 0.3) is 0 Å². The van der Waals surface area contributed by atoms with Crippen LogP contribution in [0.2, 0.25) is 0 Å². The van der Waals surface area contributed by atoms with E-state index in [4.69, 9.17) is 0 Å². The van der Waals surface area contributed by atoms with Crippen LogP contribution in [0.3, 0.4) is 0 Å². The molecule has 21 heavy (non-hydrogen) atoms. The average molecular weight is 295 g/mol. The third-order valence-corrected chi connectivity index (χ3v) is 5.39. The number of likely N-dealkylation sites (tertiary alicyclic amines) is 1. The Bertz CT molecular complexity index is 374. The normalized spacial score (nSPS) is 25.6. The van der Waals surface area contributed by atoms with E-state index in [1.165, 1.54) is 12.8 Å². The number of hydrogen-bond acceptors (Lipinski definition) is 2. The summed E-state index contributed by atoms with van der Waals surface area (Å²) in [5, 5.41) is 9.23. The number of aliphatic carboxylic acids is 1. The van der Waals surface area contributed by atoms with Crippen molar-refractivity contribution in [3.05, 3.63) is 0 Å². The second-order valence-corrected chi connectivity index (χ2v) is 6.95. The summed E-state index contributed by atoms with van der Waals surface area (Å²) in [6, 6.07) is 0.372. The van der Waals surface area contributed by atoms with Gasteiger partial charge < -0.3 is 10.0 Å². The van der Waals surface area contributed by atoms with Crippen molar-refractivity contribution < 1.29 is 14.7 Å². The largest absolute Gasteiger partial charge is 0.481 e. The molecule has 2 fully saturated rings. The van der Waals surface area contributed by atoms with Crippen molar-refractivity contribution in [2.45, 2.75) is 83.6 Å². The minimum Gasteiger partial charge on any atom is -0.481 e. The summed E-state index contributed by atoms with van der Waals surface area (Å²) in [5.74, 6) is -0.555. The molecule has 1 saturated carbocycles. The van der Waals surface area contributed by atoms with Gasteiger partial charge in [-0.15, -0.1) is 0 Å². The van der Waals surface area contributed by atoms with Gasteiger partial charge in [0.15, 0.2) is 0 Å². The van der Waals surface area contributed by atoms with Crippen molar-refractivity contribution in [2.75, 3.05) is 6.54 Å². The molecule has 4 heteroatoms. The molecule has 0 aromatic rings. The fourth-order valence-corrected chi connectivity index (χ4v) is 4.21. The Labute approximate surface area is 127 Å². The molecule has 1 atom stereocenters. The first kappa shape index (κ1) is 16.3. The average Bonchev–Trinajstić information content (AvgIpc) is 2.47. The van der Waals surface area contributed by atoms with E-state index in [1.54, 1.807) is 0 Å². The maximum Gasteiger partial charge on any atom is 0.303 e. The summed E-state index contributed by atoms with van der Waals surface area (Å²) in [7, 11) is 0. The lowest BCUT2D eigenvalue weighted by molar-refractivity contribution is -0.143. The summed E-state index contributed by atoms with van der Waals surface area (Å²) in [5.41, 5.74) is -0.281. The van der Waals surface area contributed by atoms with Gasteiger partial charge in [0.2, 0.25) is 5.91 Å². The number of carbonyl (C=O) groups is 2. The zero-order valence-corrected chi connectivity index (χ0v) is 13.3. The predicted molar refractivity (Wildman–Crippen MR) is 82.0 cm³/mol. The van der Waals surface area contributed by atoms with Gasteiger partial charge in [0.25, 0.3) is 0 Å². The Morgan fingerprint density at radius 1 is 1.10 bits per heavy atom. The number of nitrogens with zero attached hydrogens (tertiary/aromatic N) is 1. The van der Waals surface area contributed by atoms with Gasteiger partial charge in [-0.2, -0.15) is 0 Å². The Balaban J connectivity index is 2.04. The molecule has 0 aromatic carbocycles. The first-order chi connectivity index (χ1) is 10.1. The van der Waals surface area contributed by atoms with Crippen molar-refractivity contribution in [1.82, 2.24) is 4.90 Å². The second-order valence-electron chi connectivity index (χ2n) is 6.95. The molecule has 120 valence electrons. The summed E-state index contributed by atoms with van der Waals surface area (Å²) in [6.45, 7) is 3.00. The SMILES string of the molecule is CCC1CCCCN1C(=O)CC1(CC(=O)O)CCCCC1. The Morgan fingerprint density at radius 2 is 1.81 bits per heavy atom. The summed E-state index contributed by atoms with van der Waals surface area (Å²) in [6.07, 6.45) is 10.1. The van der Waals surface area contributed by atoms with E-state index in [-0.39, 0.29) is 17.7 Å². The van der Waals surface area contributed by atoms with E-state index in [1.807, 2.05) is 4.90 Å². The van der Waals surface area contributed by atoms with Crippen LogP contribution in [0.4, 0.5) is 0 Å². The number of rotatable bonds is 5. The number of hydrogen-bond donors (Lipinski definition) is 1. The van der Waals surface area contributed by atoms with E-state index in [9.17, 15) is 14.7 Å². The molecule has 0 spiro atoms. The van der Waals surface area contributed by atoms with Crippen molar-refractivity contribution in [3.63, 3.8) is 0 Å². The van der Waals surface area contributed by atoms with Gasteiger partial charge in [-0.3, -0.25) is 9.59 Å². The predicted octanol–water partition coefficient (Wildman–Crippen LogP) is 3.59. The van der Waals surface area contributed by atoms with Gasteiger partial charge in [0.1, 0.15) is 0 Å². The maximum atomic E-state index is 12.8. The number of carbonyl (C=O) groups excluding carboxylic acids is 1. The Morgan fingerprint density at radius 3 is 2.43 bits per heavy atom. The highest BCUT2D eigenvalue weighted by Crippen LogP contribution is 2.43. The molecule has 0 bridgehead atoms. The van der Waals surface area contributed by atoms with Crippen LogP contribution < -0.4 is 0 Å². The molecular formula is C17H29NO3. The first-order valence-electron chi connectivity index (χ1n) is 8.57. The summed E-state index contributed by atoms with van der Waals surface area (Å²) in [4.78, 5) is 26.0. The first-order valence-corrected chi connectivity index (χ1v) is 8.57. The van der Waals surface area contributed by atoms with Crippen LogP contribution >= 0.6 is 0 Å². The minimum atomic E-state index is -0.754. The zero-order chi connectivity index (χ0) is 15.3. The van der Waals surface area contributed by atoms with Crippen molar-refractivity contribution >= 4 is 11.9 Å². The number of amides is 1. The van der Waals surface area contributed by atoms with E-state index in [0.29, 0.717) is 12.5 Å². The lowest BCUT2D eigenvalue weighted by Gasteiger charge is -2.40. The lowest BCUT2D eigenvalue weighted by atomic mass is 9.69. The third kappa shape index (κ3) is 4.21. The van der Waals surface area contributed by atoms with Crippen LogP contribution in [-0.4, -0.2) is 34.5 Å². The molecule has 0 aromatic heterocycles. The van der Waals surface area contributed by atoms with E-state index in [2.05, 4.69) is 6.92 Å². The molecule has 1 saturated heterocycles. The fraction of sp³-hybridized carbons (Fsp3) is 0.882. The summed E-state index contributed by atoms with van der Waals surface area (Å²) >= 11 is 0. The monoisotopic (exact) mass is 295 g/mol. The standard InChI is InChI=1S/C17H29NO3/c1-2-14-8-4-7-11-18(14)15(19)12-17(13-16(20)21)9-5-3-6-10-17/h14H,2-13H2,1H3,(H,20,21). The van der Waals surface area contributed by atoms with Crippen LogP contribution in [0.1, 0.15) is 77.6 Å². The highest BCUT2D eigenvalue weighted by molar-refractivity contribution is 5.78. The Hall–Kier alpha value is -1.06. The van der Waals surface area contributed by atoms with Crippen LogP contribution in [-0.2, 0) is 9.59 Å². The Kier molecular flexibility index (Phi) is 5.65. The molecule has 4 nitrogen and oxygen atoms in total. The molecular weight excluding hydrogens is 266 g/mol. The van der Waals surface area contributed by atoms with Gasteiger partial charge in [-0.05, 0) is 43.9 Å². The minimum absolute atomic E-state index is 0.156. The molecule has 1 N–H and O–H groups in total. The van der Waals surface area contributed by atoms with Crippen LogP contribution in [0, 0.1) is 5.41 Å². The van der Waals surface area contributed by atoms with Gasteiger partial charge in [0.05, 0.1) is 6.42 Å². The molecule has 2 aliphatic rings. The topological polar surface area (TPSA) is 57.6 Å². The number of piperidine rings is 1. The highest BCUT2D eigenvalue weighted by Gasteiger charge is 2.38. The van der Waals surface area contributed by atoms with Crippen molar-refractivity contribution in [2.24, 2.45) is 5.41 Å². The molecule has 1 heterocycles. The van der Waals surface area contributed by atoms with Gasteiger partial charge >= 0.3 is 5.97 Å². The molecule has 1 unspecified atom stereocenters. The maximum absolute atomic E-state index is 12.8. The quantitative estimate of drug-likeness (QED) is 0.843. The zero-order valence-electron chi connectivity index (χ0n) is 13.3. The van der Waals surface area contributed by atoms with E-state index >= 15 is 0 Å². The molecule has 1 aliphatic carbocycles. The smallest absolute Gasteiger partial charge is 0.303 e. The molecule has 2 rings (SSSR count). The highest BCUT2D eigenvalue weighted by atomic mass is 16.4. The van der Waals surface area contributed by atoms with Gasteiger partial charge in [-0.25, -0.2) is 0 Å². The molecule has 1 amide bonds. The lowest BCUT2D eigenvalue weighted by Crippen LogP contribution is -2.45. The van der Waals surface area contributed by atoms with E-state index < -0.39 is 5.97 Å². The van der Waals surface area contributed by atoms with Crippen LogP contribution in [0.15, 0.2) is 0 Å². The van der Waals surface area contributed by atoms with Crippen molar-refractivity contribution in [1.29, 1.82) is 0 Å². The third-order valence-electron chi connectivity index (χ3n) is 5.39. The number of carboxylic acids is 1. The van der Waals surface area contributed by atoms with Gasteiger partial charge in [-0.1, -0.05) is 26.2 Å². The van der Waals surface area contributed by atoms with Crippen molar-refractivity contribution in [3.8, 4) is 0 Å².